The van der Waals surface area contributed by atoms with E-state index in [1.807, 2.05) is 24.3 Å². The van der Waals surface area contributed by atoms with E-state index in [4.69, 9.17) is 9.47 Å². The zero-order valence-electron chi connectivity index (χ0n) is 17.4. The van der Waals surface area contributed by atoms with Crippen molar-refractivity contribution in [3.8, 4) is 5.75 Å². The molecular weight excluding hydrogens is 402 g/mol. The fraction of sp³-hybridized carbons (Fsp3) is 0.476. The number of hydrogen-bond donors (Lipinski definition) is 4. The van der Waals surface area contributed by atoms with Crippen LogP contribution in [0.15, 0.2) is 36.9 Å². The Balaban J connectivity index is 1.64. The third-order valence-electron chi connectivity index (χ3n) is 5.56. The number of nitrogens with zero attached hydrogens (tertiary/aromatic N) is 4. The van der Waals surface area contributed by atoms with Crippen LogP contribution in [0.1, 0.15) is 37.6 Å². The highest BCUT2D eigenvalue weighted by Crippen LogP contribution is 2.33. The normalized spacial score (nSPS) is 24.4. The molecule has 2 aromatic heterocycles. The van der Waals surface area contributed by atoms with Crippen molar-refractivity contribution in [2.45, 2.75) is 50.3 Å². The van der Waals surface area contributed by atoms with E-state index in [2.05, 4.69) is 27.2 Å². The van der Waals surface area contributed by atoms with E-state index in [-0.39, 0.29) is 6.04 Å². The van der Waals surface area contributed by atoms with Crippen molar-refractivity contribution >= 4 is 17.0 Å². The second-order valence-corrected chi connectivity index (χ2v) is 7.53. The summed E-state index contributed by atoms with van der Waals surface area (Å²) in [7, 11) is 1.64. The Kier molecular flexibility index (Phi) is 6.33. The van der Waals surface area contributed by atoms with E-state index >= 15 is 0 Å². The summed E-state index contributed by atoms with van der Waals surface area (Å²) in [6.07, 6.45) is 0.564. The third-order valence-corrected chi connectivity index (χ3v) is 5.56. The van der Waals surface area contributed by atoms with E-state index < -0.39 is 31.1 Å². The largest absolute Gasteiger partial charge is 0.497 e. The van der Waals surface area contributed by atoms with Gasteiger partial charge in [0, 0.05) is 0 Å². The summed E-state index contributed by atoms with van der Waals surface area (Å²) in [5, 5.41) is 33.2. The molecule has 3 heterocycles. The van der Waals surface area contributed by atoms with Crippen molar-refractivity contribution in [2.24, 2.45) is 0 Å². The van der Waals surface area contributed by atoms with Gasteiger partial charge in [0.05, 0.1) is 26.1 Å². The highest BCUT2D eigenvalue weighted by molar-refractivity contribution is 5.83. The summed E-state index contributed by atoms with van der Waals surface area (Å²) in [4.78, 5) is 13.1. The Bertz CT molecular complexity index is 1010. The molecule has 2 unspecified atom stereocenters. The zero-order chi connectivity index (χ0) is 22.0. The Morgan fingerprint density at radius 1 is 1.16 bits per heavy atom. The molecule has 0 amide bonds. The highest BCUT2D eigenvalue weighted by atomic mass is 16.6. The first-order valence-corrected chi connectivity index (χ1v) is 10.3. The lowest BCUT2D eigenvalue weighted by atomic mass is 10.0. The Hall–Kier alpha value is -2.79. The Labute approximate surface area is 179 Å². The van der Waals surface area contributed by atoms with Crippen molar-refractivity contribution in [1.29, 1.82) is 0 Å². The number of methoxy groups -OCH3 is 1. The van der Waals surface area contributed by atoms with Crippen molar-refractivity contribution in [2.75, 3.05) is 19.0 Å². The molecule has 5 atom stereocenters. The maximum absolute atomic E-state index is 10.4. The minimum Gasteiger partial charge on any atom is -0.497 e. The standard InChI is InChI=1S/C21H27N5O5/c1-3-4-14(12-5-7-13(30-2)8-6-12)25-19-16-20(23-10-22-19)26(11-24-16)21-18(29)17(28)15(9-27)31-21/h5-8,10-11,14-15,17-18,21,27-29H,3-4,9H2,1-2H3,(H,22,23,25)/t14?,15-,17+,18?,21-/m1/s1. The lowest BCUT2D eigenvalue weighted by Gasteiger charge is -2.20. The summed E-state index contributed by atoms with van der Waals surface area (Å²) in [6.45, 7) is 1.72. The van der Waals surface area contributed by atoms with E-state index in [9.17, 15) is 15.3 Å². The molecule has 0 radical (unpaired) electrons. The van der Waals surface area contributed by atoms with Gasteiger partial charge in [-0.15, -0.1) is 0 Å². The number of benzene rings is 1. The number of rotatable bonds is 8. The van der Waals surface area contributed by atoms with Crippen LogP contribution in [0.2, 0.25) is 0 Å². The van der Waals surface area contributed by atoms with Crippen LogP contribution in [0.5, 0.6) is 5.75 Å². The van der Waals surface area contributed by atoms with Gasteiger partial charge in [-0.2, -0.15) is 0 Å². The number of fused-ring (bicyclic) bond motifs is 1. The Morgan fingerprint density at radius 2 is 1.94 bits per heavy atom. The quantitative estimate of drug-likeness (QED) is 0.419. The van der Waals surface area contributed by atoms with Crippen LogP contribution in [-0.4, -0.2) is 66.9 Å². The van der Waals surface area contributed by atoms with Crippen molar-refractivity contribution in [3.05, 3.63) is 42.5 Å². The first kappa shape index (κ1) is 21.4. The second-order valence-electron chi connectivity index (χ2n) is 7.53. The van der Waals surface area contributed by atoms with E-state index in [1.54, 1.807) is 11.7 Å². The number of aliphatic hydroxyl groups excluding tert-OH is 3. The van der Waals surface area contributed by atoms with Crippen molar-refractivity contribution in [1.82, 2.24) is 19.5 Å². The van der Waals surface area contributed by atoms with Gasteiger partial charge < -0.3 is 30.1 Å². The maximum Gasteiger partial charge on any atom is 0.167 e. The van der Waals surface area contributed by atoms with Gasteiger partial charge >= 0.3 is 0 Å². The van der Waals surface area contributed by atoms with Crippen LogP contribution in [0.3, 0.4) is 0 Å². The lowest BCUT2D eigenvalue weighted by molar-refractivity contribution is -0.0511. The number of aliphatic hydroxyl groups is 3. The molecule has 1 saturated heterocycles. The van der Waals surface area contributed by atoms with E-state index in [0.717, 1.165) is 24.2 Å². The molecule has 4 N–H and O–H groups in total. The van der Waals surface area contributed by atoms with Crippen LogP contribution in [-0.2, 0) is 4.74 Å². The van der Waals surface area contributed by atoms with Gasteiger partial charge in [0.15, 0.2) is 23.2 Å². The van der Waals surface area contributed by atoms with Crippen molar-refractivity contribution in [3.63, 3.8) is 0 Å². The molecule has 166 valence electrons. The first-order chi connectivity index (χ1) is 15.1. The van der Waals surface area contributed by atoms with Gasteiger partial charge in [-0.1, -0.05) is 25.5 Å². The van der Waals surface area contributed by atoms with Crippen LogP contribution in [0, 0.1) is 0 Å². The maximum atomic E-state index is 10.4. The van der Waals surface area contributed by atoms with Gasteiger partial charge in [-0.25, -0.2) is 15.0 Å². The number of ether oxygens (including phenoxy) is 2. The number of imidazole rings is 1. The summed E-state index contributed by atoms with van der Waals surface area (Å²) in [5.74, 6) is 1.35. The minimum atomic E-state index is -1.21. The minimum absolute atomic E-state index is 0.00747. The van der Waals surface area contributed by atoms with Gasteiger partial charge in [0.1, 0.15) is 30.4 Å². The second kappa shape index (κ2) is 9.15. The average Bonchev–Trinajstić information content (AvgIpc) is 3.35. The molecule has 1 fully saturated rings. The monoisotopic (exact) mass is 429 g/mol. The molecule has 0 aliphatic carbocycles. The number of anilines is 1. The van der Waals surface area contributed by atoms with E-state index in [0.29, 0.717) is 17.0 Å². The number of nitrogens with one attached hydrogen (secondary N) is 1. The first-order valence-electron chi connectivity index (χ1n) is 10.3. The molecule has 10 nitrogen and oxygen atoms in total. The average molecular weight is 429 g/mol. The lowest BCUT2D eigenvalue weighted by Crippen LogP contribution is -2.33. The fourth-order valence-corrected chi connectivity index (χ4v) is 3.87. The van der Waals surface area contributed by atoms with Gasteiger partial charge in [-0.3, -0.25) is 4.57 Å². The molecule has 0 bridgehead atoms. The number of aromatic nitrogens is 4. The van der Waals surface area contributed by atoms with Gasteiger partial charge in [0.2, 0.25) is 0 Å². The smallest absolute Gasteiger partial charge is 0.167 e. The molecule has 1 aromatic carbocycles. The van der Waals surface area contributed by atoms with Gasteiger partial charge in [-0.05, 0) is 24.1 Å². The van der Waals surface area contributed by atoms with Crippen LogP contribution < -0.4 is 10.1 Å². The van der Waals surface area contributed by atoms with Crippen LogP contribution >= 0.6 is 0 Å². The molecule has 3 aromatic rings. The molecule has 10 heteroatoms. The zero-order valence-corrected chi connectivity index (χ0v) is 17.4. The third kappa shape index (κ3) is 4.07. The molecule has 1 aliphatic rings. The molecule has 4 rings (SSSR count). The number of hydrogen-bond acceptors (Lipinski definition) is 9. The molecule has 0 spiro atoms. The molecule has 31 heavy (non-hydrogen) atoms. The fourth-order valence-electron chi connectivity index (χ4n) is 3.87. The van der Waals surface area contributed by atoms with Gasteiger partial charge in [0.25, 0.3) is 0 Å². The van der Waals surface area contributed by atoms with Crippen LogP contribution in [0.25, 0.3) is 11.2 Å². The Morgan fingerprint density at radius 3 is 2.58 bits per heavy atom. The predicted octanol–water partition coefficient (Wildman–Crippen LogP) is 1.40. The van der Waals surface area contributed by atoms with Crippen molar-refractivity contribution < 1.29 is 24.8 Å². The molecule has 1 aliphatic heterocycles. The van der Waals surface area contributed by atoms with E-state index in [1.165, 1.54) is 12.7 Å². The summed E-state index contributed by atoms with van der Waals surface area (Å²) in [5.41, 5.74) is 2.07. The highest BCUT2D eigenvalue weighted by Gasteiger charge is 2.44. The molecule has 0 saturated carbocycles. The SMILES string of the molecule is CCCC(Nc1ncnc2c1ncn2[C@@H]1O[C@H](CO)[C@H](O)C1O)c1ccc(OC)cc1. The summed E-state index contributed by atoms with van der Waals surface area (Å²) in [6, 6.07) is 7.88. The predicted molar refractivity (Wildman–Crippen MR) is 113 cm³/mol. The molecular formula is C21H27N5O5. The topological polar surface area (TPSA) is 135 Å². The summed E-state index contributed by atoms with van der Waals surface area (Å²) < 4.78 is 12.4. The summed E-state index contributed by atoms with van der Waals surface area (Å²) >= 11 is 0. The van der Waals surface area contributed by atoms with Crippen LogP contribution in [0.4, 0.5) is 5.82 Å².